The lowest BCUT2D eigenvalue weighted by Gasteiger charge is -2.21. The summed E-state index contributed by atoms with van der Waals surface area (Å²) in [6.45, 7) is 1.88. The van der Waals surface area contributed by atoms with Crippen LogP contribution >= 0.6 is 0 Å². The largest absolute Gasteiger partial charge is 0.488 e. The molecule has 0 aromatic heterocycles. The zero-order valence-electron chi connectivity index (χ0n) is 16.5. The summed E-state index contributed by atoms with van der Waals surface area (Å²) in [5.74, 6) is -0.843. The molecular weight excluding hydrogens is 388 g/mol. The summed E-state index contributed by atoms with van der Waals surface area (Å²) in [6, 6.07) is 15.8. The normalized spacial score (nSPS) is 13.2. The van der Waals surface area contributed by atoms with Gasteiger partial charge < -0.3 is 24.8 Å². The number of rotatable bonds is 8. The maximum Gasteiger partial charge on any atom is 0.342 e. The minimum atomic E-state index is -0.637. The van der Waals surface area contributed by atoms with Gasteiger partial charge in [-0.25, -0.2) is 14.4 Å². The topological polar surface area (TPSA) is 103 Å². The van der Waals surface area contributed by atoms with Gasteiger partial charge in [0.2, 0.25) is 0 Å². The molecule has 0 saturated heterocycles. The molecule has 2 aromatic carbocycles. The summed E-state index contributed by atoms with van der Waals surface area (Å²) in [6.07, 6.45) is 0. The Hall–Kier alpha value is -3.81. The summed E-state index contributed by atoms with van der Waals surface area (Å²) in [5.41, 5.74) is 1.60. The lowest BCUT2D eigenvalue weighted by atomic mass is 10.1. The smallest absolute Gasteiger partial charge is 0.342 e. The number of esters is 2. The lowest BCUT2D eigenvalue weighted by molar-refractivity contribution is -0.138. The van der Waals surface area contributed by atoms with Crippen molar-refractivity contribution in [2.24, 2.45) is 0 Å². The fourth-order valence-electron chi connectivity index (χ4n) is 2.78. The second kappa shape index (κ2) is 10.1. The van der Waals surface area contributed by atoms with E-state index >= 15 is 0 Å². The van der Waals surface area contributed by atoms with Gasteiger partial charge in [0.15, 0.2) is 0 Å². The molecule has 8 nitrogen and oxygen atoms in total. The highest BCUT2D eigenvalue weighted by molar-refractivity contribution is 5.95. The molecule has 8 heteroatoms. The Morgan fingerprint density at radius 3 is 2.43 bits per heavy atom. The quantitative estimate of drug-likeness (QED) is 0.649. The van der Waals surface area contributed by atoms with Gasteiger partial charge in [-0.2, -0.15) is 0 Å². The van der Waals surface area contributed by atoms with Crippen molar-refractivity contribution in [2.45, 2.75) is 13.5 Å². The second-order valence-corrected chi connectivity index (χ2v) is 6.33. The predicted octanol–water partition coefficient (Wildman–Crippen LogP) is 2.55. The summed E-state index contributed by atoms with van der Waals surface area (Å²) in [5, 5.41) is 4.99. The van der Waals surface area contributed by atoms with Gasteiger partial charge in [0.05, 0.1) is 24.4 Å². The van der Waals surface area contributed by atoms with E-state index in [0.717, 1.165) is 5.56 Å². The molecule has 0 atom stereocenters. The first kappa shape index (κ1) is 20.9. The molecule has 2 N–H and O–H groups in total. The van der Waals surface area contributed by atoms with Crippen molar-refractivity contribution in [3.05, 3.63) is 77.0 Å². The predicted molar refractivity (Wildman–Crippen MR) is 108 cm³/mol. The third-order valence-corrected chi connectivity index (χ3v) is 4.27. The van der Waals surface area contributed by atoms with Gasteiger partial charge >= 0.3 is 18.0 Å². The molecular formula is C22H22N2O6. The fourth-order valence-corrected chi connectivity index (χ4v) is 2.78. The van der Waals surface area contributed by atoms with E-state index in [1.54, 1.807) is 31.2 Å². The van der Waals surface area contributed by atoms with Crippen LogP contribution in [-0.4, -0.2) is 37.7 Å². The molecule has 2 aromatic rings. The molecule has 0 unspecified atom stereocenters. The monoisotopic (exact) mass is 410 g/mol. The molecule has 0 fully saturated rings. The van der Waals surface area contributed by atoms with E-state index in [1.807, 2.05) is 30.3 Å². The van der Waals surface area contributed by atoms with Crippen LogP contribution in [0, 0.1) is 0 Å². The number of carbonyl (C=O) groups is 3. The zero-order valence-corrected chi connectivity index (χ0v) is 16.5. The molecule has 1 heterocycles. The van der Waals surface area contributed by atoms with Gasteiger partial charge in [0.25, 0.3) is 0 Å². The molecule has 3 rings (SSSR count). The first-order chi connectivity index (χ1) is 14.6. The van der Waals surface area contributed by atoms with Crippen molar-refractivity contribution in [3.8, 4) is 5.75 Å². The van der Waals surface area contributed by atoms with Crippen molar-refractivity contribution in [2.75, 3.05) is 19.8 Å². The van der Waals surface area contributed by atoms with Crippen molar-refractivity contribution in [1.82, 2.24) is 10.6 Å². The molecule has 0 saturated carbocycles. The number of para-hydroxylation sites is 1. The Morgan fingerprint density at radius 2 is 1.67 bits per heavy atom. The van der Waals surface area contributed by atoms with E-state index in [0.29, 0.717) is 12.4 Å². The van der Waals surface area contributed by atoms with Crippen molar-refractivity contribution in [3.63, 3.8) is 0 Å². The highest BCUT2D eigenvalue weighted by atomic mass is 16.5. The van der Waals surface area contributed by atoms with Gasteiger partial charge in [-0.05, 0) is 24.6 Å². The Morgan fingerprint density at radius 1 is 0.933 bits per heavy atom. The molecule has 0 bridgehead atoms. The first-order valence-corrected chi connectivity index (χ1v) is 9.45. The Bertz CT molecular complexity index is 955. The third-order valence-electron chi connectivity index (χ3n) is 4.27. The van der Waals surface area contributed by atoms with Crippen LogP contribution in [0.5, 0.6) is 5.75 Å². The Kier molecular flexibility index (Phi) is 7.05. The van der Waals surface area contributed by atoms with Gasteiger partial charge in [0, 0.05) is 0 Å². The Balaban J connectivity index is 1.69. The SMILES string of the molecule is CCOC(=O)C1=C(COC(=O)c2ccccc2OCc2ccccc2)NC(=O)NC1. The summed E-state index contributed by atoms with van der Waals surface area (Å²) in [4.78, 5) is 36.3. The van der Waals surface area contributed by atoms with Crippen LogP contribution in [0.15, 0.2) is 65.9 Å². The van der Waals surface area contributed by atoms with E-state index in [1.165, 1.54) is 0 Å². The number of urea groups is 1. The number of benzene rings is 2. The van der Waals surface area contributed by atoms with Crippen molar-refractivity contribution in [1.29, 1.82) is 0 Å². The van der Waals surface area contributed by atoms with E-state index in [2.05, 4.69) is 10.6 Å². The van der Waals surface area contributed by atoms with Crippen LogP contribution in [-0.2, 0) is 20.9 Å². The molecule has 0 spiro atoms. The summed E-state index contributed by atoms with van der Waals surface area (Å²) in [7, 11) is 0. The van der Waals surface area contributed by atoms with Gasteiger partial charge in [-0.15, -0.1) is 0 Å². The lowest BCUT2D eigenvalue weighted by Crippen LogP contribution is -2.45. The first-order valence-electron chi connectivity index (χ1n) is 9.45. The molecule has 1 aliphatic rings. The van der Waals surface area contributed by atoms with Gasteiger partial charge in [-0.3, -0.25) is 0 Å². The second-order valence-electron chi connectivity index (χ2n) is 6.33. The van der Waals surface area contributed by atoms with E-state index in [-0.39, 0.29) is 36.6 Å². The van der Waals surface area contributed by atoms with Gasteiger partial charge in [0.1, 0.15) is 24.5 Å². The maximum absolute atomic E-state index is 12.6. The molecule has 1 aliphatic heterocycles. The summed E-state index contributed by atoms with van der Waals surface area (Å²) < 4.78 is 16.1. The van der Waals surface area contributed by atoms with Crippen LogP contribution < -0.4 is 15.4 Å². The van der Waals surface area contributed by atoms with Crippen LogP contribution in [0.2, 0.25) is 0 Å². The highest BCUT2D eigenvalue weighted by Crippen LogP contribution is 2.21. The van der Waals surface area contributed by atoms with Crippen LogP contribution in [0.1, 0.15) is 22.8 Å². The molecule has 0 radical (unpaired) electrons. The molecule has 2 amide bonds. The standard InChI is InChI=1S/C22H22N2O6/c1-2-28-21(26)17-12-23-22(27)24-18(17)14-30-20(25)16-10-6-7-11-19(16)29-13-15-8-4-3-5-9-15/h3-11H,2,12-14H2,1H3,(H2,23,24,27). The molecule has 0 aliphatic carbocycles. The van der Waals surface area contributed by atoms with Crippen LogP contribution in [0.3, 0.4) is 0 Å². The maximum atomic E-state index is 12.6. The van der Waals surface area contributed by atoms with E-state index in [9.17, 15) is 14.4 Å². The van der Waals surface area contributed by atoms with Crippen LogP contribution in [0.4, 0.5) is 4.79 Å². The number of ether oxygens (including phenoxy) is 3. The summed E-state index contributed by atoms with van der Waals surface area (Å²) >= 11 is 0. The third kappa shape index (κ3) is 5.38. The minimum Gasteiger partial charge on any atom is -0.488 e. The van der Waals surface area contributed by atoms with E-state index < -0.39 is 18.0 Å². The average Bonchev–Trinajstić information content (AvgIpc) is 2.77. The Labute approximate surface area is 173 Å². The number of hydrogen-bond acceptors (Lipinski definition) is 6. The molecule has 156 valence electrons. The number of nitrogens with one attached hydrogen (secondary N) is 2. The van der Waals surface area contributed by atoms with Crippen molar-refractivity contribution >= 4 is 18.0 Å². The minimum absolute atomic E-state index is 0.00563. The zero-order chi connectivity index (χ0) is 21.3. The number of carbonyl (C=O) groups excluding carboxylic acids is 3. The molecule has 30 heavy (non-hydrogen) atoms. The average molecular weight is 410 g/mol. The number of hydrogen-bond donors (Lipinski definition) is 2. The fraction of sp³-hybridized carbons (Fsp3) is 0.227. The van der Waals surface area contributed by atoms with Crippen molar-refractivity contribution < 1.29 is 28.6 Å². The highest BCUT2D eigenvalue weighted by Gasteiger charge is 2.25. The number of amides is 2. The van der Waals surface area contributed by atoms with Crippen LogP contribution in [0.25, 0.3) is 0 Å². The van der Waals surface area contributed by atoms with E-state index in [4.69, 9.17) is 14.2 Å². The van der Waals surface area contributed by atoms with Gasteiger partial charge in [-0.1, -0.05) is 42.5 Å².